The molecule has 0 fully saturated rings. The van der Waals surface area contributed by atoms with Gasteiger partial charge in [0.1, 0.15) is 17.2 Å². The predicted octanol–water partition coefficient (Wildman–Crippen LogP) is 5.14. The van der Waals surface area contributed by atoms with Crippen LogP contribution in [-0.4, -0.2) is 37.9 Å². The zero-order valence-corrected chi connectivity index (χ0v) is 20.5. The summed E-state index contributed by atoms with van der Waals surface area (Å²) in [7, 11) is 0. The van der Waals surface area contributed by atoms with Crippen LogP contribution >= 0.6 is 11.6 Å². The molecule has 2 aromatic heterocycles. The number of carbonyl (C=O) groups is 1. The predicted molar refractivity (Wildman–Crippen MR) is 129 cm³/mol. The Morgan fingerprint density at radius 3 is 2.37 bits per heavy atom. The number of fused-ring (bicyclic) bond motifs is 1. The molecule has 0 spiro atoms. The highest BCUT2D eigenvalue weighted by Gasteiger charge is 2.45. The molecular formula is C25H20ClF5N4O3. The lowest BCUT2D eigenvalue weighted by Crippen LogP contribution is -2.44. The zero-order valence-electron chi connectivity index (χ0n) is 19.8. The first-order valence-corrected chi connectivity index (χ1v) is 11.6. The molecule has 13 heteroatoms. The average Bonchev–Trinajstić information content (AvgIpc) is 3.24. The molecule has 0 aliphatic carbocycles. The van der Waals surface area contributed by atoms with E-state index in [1.165, 1.54) is 12.1 Å². The highest BCUT2D eigenvalue weighted by Crippen LogP contribution is 2.32. The van der Waals surface area contributed by atoms with Gasteiger partial charge in [-0.3, -0.25) is 9.59 Å². The number of alkyl halides is 3. The van der Waals surface area contributed by atoms with E-state index in [1.54, 1.807) is 13.8 Å². The van der Waals surface area contributed by atoms with Gasteiger partial charge < -0.3 is 15.4 Å². The largest absolute Gasteiger partial charge is 0.416 e. The van der Waals surface area contributed by atoms with Crippen molar-refractivity contribution in [2.24, 2.45) is 0 Å². The Labute approximate surface area is 216 Å². The molecule has 2 aromatic carbocycles. The van der Waals surface area contributed by atoms with Crippen LogP contribution in [0.3, 0.4) is 0 Å². The first-order valence-electron chi connectivity index (χ1n) is 11.2. The number of aromatic nitrogens is 3. The van der Waals surface area contributed by atoms with Gasteiger partial charge in [0.05, 0.1) is 16.6 Å². The first kappa shape index (κ1) is 27.3. The highest BCUT2D eigenvalue weighted by atomic mass is 35.5. The third-order valence-electron chi connectivity index (χ3n) is 5.86. The Kier molecular flexibility index (Phi) is 7.31. The van der Waals surface area contributed by atoms with Crippen LogP contribution in [0.2, 0.25) is 5.02 Å². The number of hydrogen-bond donors (Lipinski definition) is 3. The summed E-state index contributed by atoms with van der Waals surface area (Å²) in [6, 6.07) is 5.58. The Morgan fingerprint density at radius 1 is 1.13 bits per heavy atom. The molecule has 0 radical (unpaired) electrons. The smallest absolute Gasteiger partial charge is 0.381 e. The number of hydrogen-bond acceptors (Lipinski definition) is 4. The van der Waals surface area contributed by atoms with E-state index in [9.17, 15) is 36.6 Å². The number of aromatic amines is 1. The molecule has 0 saturated carbocycles. The lowest BCUT2D eigenvalue weighted by Gasteiger charge is -2.26. The number of amides is 1. The van der Waals surface area contributed by atoms with E-state index in [-0.39, 0.29) is 38.6 Å². The Hall–Kier alpha value is -3.77. The summed E-state index contributed by atoms with van der Waals surface area (Å²) in [6.07, 6.45) is -6.96. The fourth-order valence-electron chi connectivity index (χ4n) is 4.07. The summed E-state index contributed by atoms with van der Waals surface area (Å²) in [5.74, 6) is -3.01. The minimum absolute atomic E-state index is 0.0435. The van der Waals surface area contributed by atoms with E-state index < -0.39 is 47.3 Å². The van der Waals surface area contributed by atoms with Crippen molar-refractivity contribution in [3.8, 4) is 11.4 Å². The van der Waals surface area contributed by atoms with Crippen LogP contribution in [0.1, 0.15) is 47.3 Å². The lowest BCUT2D eigenvalue weighted by molar-refractivity contribution is -0.212. The van der Waals surface area contributed by atoms with Crippen LogP contribution in [-0.2, 0) is 0 Å². The molecule has 3 N–H and O–H groups in total. The molecule has 0 aliphatic heterocycles. The Balaban J connectivity index is 1.81. The van der Waals surface area contributed by atoms with Crippen molar-refractivity contribution in [2.45, 2.75) is 38.1 Å². The van der Waals surface area contributed by atoms with Crippen LogP contribution in [0.4, 0.5) is 22.0 Å². The summed E-state index contributed by atoms with van der Waals surface area (Å²) in [5, 5.41) is 16.2. The van der Waals surface area contributed by atoms with E-state index in [4.69, 9.17) is 11.6 Å². The second-order valence-corrected chi connectivity index (χ2v) is 9.23. The topological polar surface area (TPSA) is 99.5 Å². The number of halogens is 6. The minimum Gasteiger partial charge on any atom is -0.381 e. The zero-order chi connectivity index (χ0) is 27.9. The normalized spacial score (nSPS) is 13.6. The van der Waals surface area contributed by atoms with Gasteiger partial charge in [-0.2, -0.15) is 13.2 Å². The molecule has 38 heavy (non-hydrogen) atoms. The number of aliphatic hydroxyl groups excluding tert-OH is 1. The second kappa shape index (κ2) is 10.2. The van der Waals surface area contributed by atoms with Crippen LogP contribution < -0.4 is 10.9 Å². The molecule has 200 valence electrons. The van der Waals surface area contributed by atoms with Crippen LogP contribution in [0.15, 0.2) is 53.5 Å². The molecule has 4 aromatic rings. The van der Waals surface area contributed by atoms with E-state index >= 15 is 0 Å². The summed E-state index contributed by atoms with van der Waals surface area (Å²) >= 11 is 5.71. The van der Waals surface area contributed by atoms with Gasteiger partial charge >= 0.3 is 6.18 Å². The number of benzene rings is 2. The van der Waals surface area contributed by atoms with Gasteiger partial charge in [-0.15, -0.1) is 5.10 Å². The number of carbonyl (C=O) groups excluding carboxylic acids is 1. The van der Waals surface area contributed by atoms with E-state index in [0.29, 0.717) is 0 Å². The highest BCUT2D eigenvalue weighted by molar-refractivity contribution is 6.30. The summed E-state index contributed by atoms with van der Waals surface area (Å²) < 4.78 is 68.7. The number of aliphatic hydroxyl groups is 1. The standard InChI is InChI=1S/C25H20ClF5N4O3/c1-11(2)18-15(23(37)32-19(21(36)25(29,30)31)12-3-6-14(27)7-4-12)10-35-20(18)24(38)33-22(34-35)13-5-8-16(26)17(28)9-13/h3-11,19,21,36H,1-2H3,(H,32,37)(H,33,34,38)/t19-,21-/m0/s1. The van der Waals surface area contributed by atoms with Crippen molar-refractivity contribution in [1.29, 1.82) is 0 Å². The van der Waals surface area contributed by atoms with Gasteiger partial charge in [-0.05, 0) is 41.8 Å². The number of nitrogens with zero attached hydrogens (tertiary/aromatic N) is 2. The number of rotatable bonds is 6. The van der Waals surface area contributed by atoms with Gasteiger partial charge in [0.25, 0.3) is 11.5 Å². The maximum Gasteiger partial charge on any atom is 0.416 e. The van der Waals surface area contributed by atoms with Gasteiger partial charge in [0.2, 0.25) is 0 Å². The average molecular weight is 555 g/mol. The SMILES string of the molecule is CC(C)c1c(C(=O)N[C@@H](c2ccc(F)cc2)[C@H](O)C(F)(F)F)cn2nc(-c3ccc(Cl)c(F)c3)[nH]c(=O)c12. The molecular weight excluding hydrogens is 535 g/mol. The molecule has 4 rings (SSSR count). The fourth-order valence-corrected chi connectivity index (χ4v) is 4.19. The molecule has 1 amide bonds. The summed E-state index contributed by atoms with van der Waals surface area (Å²) in [5.41, 5.74) is -0.719. The third kappa shape index (κ3) is 5.27. The summed E-state index contributed by atoms with van der Waals surface area (Å²) in [4.78, 5) is 28.8. The van der Waals surface area contributed by atoms with Crippen LogP contribution in [0.25, 0.3) is 16.9 Å². The molecule has 0 aliphatic rings. The van der Waals surface area contributed by atoms with Crippen molar-refractivity contribution in [1.82, 2.24) is 19.9 Å². The van der Waals surface area contributed by atoms with Gasteiger partial charge in [-0.1, -0.05) is 37.6 Å². The van der Waals surface area contributed by atoms with Crippen molar-refractivity contribution < 1.29 is 31.9 Å². The maximum absolute atomic E-state index is 14.0. The van der Waals surface area contributed by atoms with E-state index in [0.717, 1.165) is 41.0 Å². The quantitative estimate of drug-likeness (QED) is 0.287. The van der Waals surface area contributed by atoms with E-state index in [1.807, 2.05) is 0 Å². The third-order valence-corrected chi connectivity index (χ3v) is 6.17. The Bertz CT molecular complexity index is 1560. The Morgan fingerprint density at radius 2 is 1.79 bits per heavy atom. The van der Waals surface area contributed by atoms with Gasteiger partial charge in [0, 0.05) is 17.3 Å². The molecule has 2 heterocycles. The van der Waals surface area contributed by atoms with Crippen molar-refractivity contribution >= 4 is 23.0 Å². The van der Waals surface area contributed by atoms with E-state index in [2.05, 4.69) is 15.4 Å². The van der Waals surface area contributed by atoms with Gasteiger partial charge in [-0.25, -0.2) is 13.3 Å². The fraction of sp³-hybridized carbons (Fsp3) is 0.240. The monoisotopic (exact) mass is 554 g/mol. The molecule has 0 saturated heterocycles. The molecule has 7 nitrogen and oxygen atoms in total. The van der Waals surface area contributed by atoms with Crippen LogP contribution in [0.5, 0.6) is 0 Å². The van der Waals surface area contributed by atoms with Gasteiger partial charge in [0.15, 0.2) is 11.9 Å². The number of nitrogens with one attached hydrogen (secondary N) is 2. The second-order valence-electron chi connectivity index (χ2n) is 8.83. The number of H-pyrrole nitrogens is 1. The molecule has 0 bridgehead atoms. The maximum atomic E-state index is 14.0. The molecule has 2 atom stereocenters. The first-order chi connectivity index (χ1) is 17.8. The van der Waals surface area contributed by atoms with Crippen molar-refractivity contribution in [3.63, 3.8) is 0 Å². The minimum atomic E-state index is -5.11. The molecule has 0 unspecified atom stereocenters. The van der Waals surface area contributed by atoms with Crippen LogP contribution in [0, 0.1) is 11.6 Å². The summed E-state index contributed by atoms with van der Waals surface area (Å²) in [6.45, 7) is 3.33. The van der Waals surface area contributed by atoms with Crippen molar-refractivity contribution in [3.05, 3.63) is 92.4 Å². The lowest BCUT2D eigenvalue weighted by atomic mass is 9.97. The van der Waals surface area contributed by atoms with Crippen molar-refractivity contribution in [2.75, 3.05) is 0 Å².